The van der Waals surface area contributed by atoms with Crippen molar-refractivity contribution in [3.63, 3.8) is 0 Å². The normalized spacial score (nSPS) is 17.5. The summed E-state index contributed by atoms with van der Waals surface area (Å²) < 4.78 is 42.3. The van der Waals surface area contributed by atoms with E-state index in [1.807, 2.05) is 4.90 Å². The minimum atomic E-state index is -3.62. The number of nitrogens with zero attached hydrogens (tertiary/aromatic N) is 4. The fourth-order valence-electron chi connectivity index (χ4n) is 6.50. The maximum absolute atomic E-state index is 12.5. The lowest BCUT2D eigenvalue weighted by atomic mass is 10.1. The van der Waals surface area contributed by atoms with E-state index in [4.69, 9.17) is 25.0 Å². The van der Waals surface area contributed by atoms with E-state index in [2.05, 4.69) is 14.8 Å². The third-order valence-corrected chi connectivity index (χ3v) is 11.6. The van der Waals surface area contributed by atoms with Crippen LogP contribution in [0.1, 0.15) is 38.8 Å². The summed E-state index contributed by atoms with van der Waals surface area (Å²) in [6, 6.07) is 16.5. The number of benzene rings is 2. The highest BCUT2D eigenvalue weighted by atomic mass is 32.2. The Kier molecular flexibility index (Phi) is 15.6. The molecule has 7 rings (SSSR count). The predicted molar refractivity (Wildman–Crippen MR) is 236 cm³/mol. The van der Waals surface area contributed by atoms with E-state index in [-0.39, 0.29) is 62.2 Å². The monoisotopic (exact) mass is 936 g/mol. The van der Waals surface area contributed by atoms with Crippen LogP contribution in [0.3, 0.4) is 0 Å². The molecule has 0 aliphatic carbocycles. The minimum absolute atomic E-state index is 0.0357. The highest BCUT2D eigenvalue weighted by molar-refractivity contribution is 7.86. The van der Waals surface area contributed by atoms with E-state index in [1.54, 1.807) is 89.1 Å². The Morgan fingerprint density at radius 2 is 1.25 bits per heavy atom. The fourth-order valence-corrected chi connectivity index (χ4v) is 8.17. The number of anilines is 2. The number of cyclic esters (lactones) is 2. The quantitative estimate of drug-likeness (QED) is 0.0466. The van der Waals surface area contributed by atoms with Gasteiger partial charge >= 0.3 is 18.2 Å². The third-order valence-electron chi connectivity index (χ3n) is 9.68. The first-order valence-electron chi connectivity index (χ1n) is 19.6. The first kappa shape index (κ1) is 47.0. The first-order chi connectivity index (χ1) is 30.6. The highest BCUT2D eigenvalue weighted by Crippen LogP contribution is 2.25. The molecule has 2 unspecified atom stereocenters. The molecule has 64 heavy (non-hydrogen) atoms. The number of amides is 5. The topological polar surface area (TPSA) is 258 Å². The van der Waals surface area contributed by atoms with E-state index >= 15 is 0 Å². The van der Waals surface area contributed by atoms with Crippen molar-refractivity contribution < 1.29 is 55.6 Å². The Bertz CT molecular complexity index is 2470. The Hall–Kier alpha value is -6.53. The number of ether oxygens (including phenoxy) is 3. The minimum Gasteiger partial charge on any atom is -0.465 e. The average Bonchev–Trinajstić information content (AvgIpc) is 4.10. The predicted octanol–water partition coefficient (Wildman–Crippen LogP) is 3.34. The van der Waals surface area contributed by atoms with E-state index in [0.29, 0.717) is 59.8 Å². The van der Waals surface area contributed by atoms with E-state index < -0.39 is 40.5 Å². The van der Waals surface area contributed by atoms with Gasteiger partial charge in [-0.3, -0.25) is 48.9 Å². The van der Waals surface area contributed by atoms with Crippen LogP contribution in [0.5, 0.6) is 0 Å². The van der Waals surface area contributed by atoms with Crippen molar-refractivity contribution in [3.8, 4) is 0 Å². The summed E-state index contributed by atoms with van der Waals surface area (Å²) in [5.41, 5.74) is 3.08. The molecule has 0 bridgehead atoms. The Morgan fingerprint density at radius 1 is 0.750 bits per heavy atom. The first-order valence-corrected chi connectivity index (χ1v) is 23.3. The number of carbonyl (C=O) groups is 6. The summed E-state index contributed by atoms with van der Waals surface area (Å²) in [5.74, 6) is -1.41. The molecule has 0 radical (unpaired) electrons. The van der Waals surface area contributed by atoms with Gasteiger partial charge in [-0.25, -0.2) is 9.59 Å². The van der Waals surface area contributed by atoms with Crippen molar-refractivity contribution in [2.45, 2.75) is 19.1 Å². The van der Waals surface area contributed by atoms with Gasteiger partial charge in [0.2, 0.25) is 5.91 Å². The van der Waals surface area contributed by atoms with Gasteiger partial charge in [0.25, 0.3) is 21.9 Å². The van der Waals surface area contributed by atoms with Crippen LogP contribution in [-0.4, -0.2) is 143 Å². The van der Waals surface area contributed by atoms with Gasteiger partial charge in [-0.05, 0) is 78.3 Å². The number of nitrogens with one attached hydrogen (secondary N) is 4. The summed E-state index contributed by atoms with van der Waals surface area (Å²) in [6.45, 7) is 3.65. The number of hydrogen-bond donors (Lipinski definition) is 4. The van der Waals surface area contributed by atoms with Crippen LogP contribution in [0.15, 0.2) is 82.2 Å². The smallest absolute Gasteiger partial charge is 0.414 e. The van der Waals surface area contributed by atoms with Crippen LogP contribution in [0.4, 0.5) is 21.0 Å². The van der Waals surface area contributed by atoms with Crippen LogP contribution in [-0.2, 0) is 38.1 Å². The van der Waals surface area contributed by atoms with Gasteiger partial charge in [0, 0.05) is 52.9 Å². The Balaban J connectivity index is 0.000000219. The molecule has 5 heterocycles. The molecule has 2 atom stereocenters. The molecular formula is C41H44N8O12S3. The van der Waals surface area contributed by atoms with Gasteiger partial charge in [-0.1, -0.05) is 0 Å². The second kappa shape index (κ2) is 21.2. The average molecular weight is 937 g/mol. The van der Waals surface area contributed by atoms with Crippen molar-refractivity contribution in [2.75, 3.05) is 75.1 Å². The summed E-state index contributed by atoms with van der Waals surface area (Å²) >= 11 is 2.79. The molecule has 2 aromatic heterocycles. The molecule has 4 aromatic rings. The SMILES string of the molecule is CCOC(=O)CN1CCN(CC2CN(c3ccc(C(=N)NC(=O)c4ccsc4)cc3)C(=O)O2)CC1=O.CS(=O)(=O)OCC1CN(c2ccc(C(=N)NC(=O)c3ccsc3)cc2)C(=O)O1. The van der Waals surface area contributed by atoms with E-state index in [0.717, 1.165) is 6.26 Å². The van der Waals surface area contributed by atoms with Crippen molar-refractivity contribution >= 4 is 91.7 Å². The molecule has 3 fully saturated rings. The van der Waals surface area contributed by atoms with Gasteiger partial charge in [0.1, 0.15) is 37.0 Å². The molecule has 2 aromatic carbocycles. The number of hydrogen-bond acceptors (Lipinski definition) is 17. The van der Waals surface area contributed by atoms with Crippen LogP contribution in [0, 0.1) is 10.8 Å². The molecule has 3 aliphatic rings. The summed E-state index contributed by atoms with van der Waals surface area (Å²) in [4.78, 5) is 78.9. The lowest BCUT2D eigenvalue weighted by molar-refractivity contribution is -0.151. The second-order valence-electron chi connectivity index (χ2n) is 14.4. The lowest BCUT2D eigenvalue weighted by Gasteiger charge is -2.34. The Morgan fingerprint density at radius 3 is 1.70 bits per heavy atom. The Labute approximate surface area is 375 Å². The van der Waals surface area contributed by atoms with Gasteiger partial charge in [-0.15, -0.1) is 0 Å². The molecule has 3 aliphatic heterocycles. The van der Waals surface area contributed by atoms with E-state index in [1.165, 1.54) is 37.4 Å². The zero-order valence-corrected chi connectivity index (χ0v) is 37.0. The second-order valence-corrected chi connectivity index (χ2v) is 17.6. The van der Waals surface area contributed by atoms with Crippen LogP contribution < -0.4 is 20.4 Å². The lowest BCUT2D eigenvalue weighted by Crippen LogP contribution is -2.53. The number of amidine groups is 2. The maximum atomic E-state index is 12.5. The molecule has 3 saturated heterocycles. The number of rotatable bonds is 14. The van der Waals surface area contributed by atoms with Crippen molar-refractivity contribution in [1.29, 1.82) is 10.8 Å². The molecule has 0 saturated carbocycles. The molecule has 20 nitrogen and oxygen atoms in total. The molecule has 338 valence electrons. The van der Waals surface area contributed by atoms with Crippen molar-refractivity contribution in [3.05, 3.63) is 104 Å². The van der Waals surface area contributed by atoms with E-state index in [9.17, 15) is 37.2 Å². The number of carbonyl (C=O) groups excluding carboxylic acids is 6. The third kappa shape index (κ3) is 12.8. The largest absolute Gasteiger partial charge is 0.465 e. The maximum Gasteiger partial charge on any atom is 0.414 e. The van der Waals surface area contributed by atoms with Crippen LogP contribution in [0.25, 0.3) is 0 Å². The van der Waals surface area contributed by atoms with Gasteiger partial charge in [-0.2, -0.15) is 31.1 Å². The number of thiophene rings is 2. The zero-order valence-electron chi connectivity index (χ0n) is 34.5. The zero-order chi connectivity index (χ0) is 46.0. The summed E-state index contributed by atoms with van der Waals surface area (Å²) in [7, 11) is -3.62. The molecular weight excluding hydrogens is 893 g/mol. The fraction of sp³-hybridized carbons (Fsp3) is 0.317. The molecule has 5 amide bonds. The standard InChI is InChI=1S/C24H27N5O6S.C17H17N3O6S2/c1-2-34-21(31)14-28-9-8-27(13-20(28)30)11-19-12-29(24(33)35-19)18-5-3-16(4-6-18)22(25)26-23(32)17-7-10-36-15-17;1-28(23,24)25-9-14-8-20(17(22)26-14)13-4-2-11(3-5-13)15(18)19-16(21)12-6-7-27-10-12/h3-7,10,15,19H,2,8-9,11-14H2,1H3,(H2,25,26,32);2-7,10,14H,8-9H2,1H3,(H2,18,19,21). The van der Waals surface area contributed by atoms with Crippen LogP contribution in [0.2, 0.25) is 0 Å². The number of esters is 1. The highest BCUT2D eigenvalue weighted by Gasteiger charge is 2.36. The van der Waals surface area contributed by atoms with Crippen molar-refractivity contribution in [1.82, 2.24) is 20.4 Å². The summed E-state index contributed by atoms with van der Waals surface area (Å²) in [6.07, 6.45) is -1.29. The van der Waals surface area contributed by atoms with Gasteiger partial charge in [0.05, 0.1) is 43.6 Å². The van der Waals surface area contributed by atoms with Gasteiger partial charge < -0.3 is 29.7 Å². The molecule has 4 N–H and O–H groups in total. The molecule has 23 heteroatoms. The summed E-state index contributed by atoms with van der Waals surface area (Å²) in [5, 5.41) is 28.2. The molecule has 0 spiro atoms. The van der Waals surface area contributed by atoms with Gasteiger partial charge in [0.15, 0.2) is 0 Å². The number of piperazine rings is 1. The van der Waals surface area contributed by atoms with Crippen LogP contribution >= 0.6 is 22.7 Å². The van der Waals surface area contributed by atoms with Crippen molar-refractivity contribution in [2.24, 2.45) is 0 Å².